The molecule has 2 aromatic carbocycles. The first kappa shape index (κ1) is 13.6. The molecule has 0 amide bonds. The molecule has 2 aromatic rings. The molecule has 1 unspecified atom stereocenters. The van der Waals surface area contributed by atoms with Gasteiger partial charge < -0.3 is 10.1 Å². The van der Waals surface area contributed by atoms with Crippen molar-refractivity contribution in [1.29, 1.82) is 0 Å². The number of para-hydroxylation sites is 1. The van der Waals surface area contributed by atoms with E-state index >= 15 is 0 Å². The van der Waals surface area contributed by atoms with Crippen LogP contribution in [0.1, 0.15) is 24.1 Å². The lowest BCUT2D eigenvalue weighted by Gasteiger charge is -2.15. The van der Waals surface area contributed by atoms with Gasteiger partial charge in [0.05, 0.1) is 7.11 Å². The molecule has 1 N–H and O–H groups in total. The lowest BCUT2D eigenvalue weighted by atomic mass is 10.1. The summed E-state index contributed by atoms with van der Waals surface area (Å²) < 4.78 is 5.36. The Morgan fingerprint density at radius 1 is 1.00 bits per heavy atom. The average molecular weight is 255 g/mol. The van der Waals surface area contributed by atoms with Crippen molar-refractivity contribution < 1.29 is 4.74 Å². The number of hydrogen-bond acceptors (Lipinski definition) is 2. The van der Waals surface area contributed by atoms with Crippen LogP contribution in [0, 0.1) is 0 Å². The van der Waals surface area contributed by atoms with Gasteiger partial charge >= 0.3 is 0 Å². The molecule has 0 saturated heterocycles. The van der Waals surface area contributed by atoms with Gasteiger partial charge in [0, 0.05) is 6.04 Å². The van der Waals surface area contributed by atoms with Gasteiger partial charge in [0.25, 0.3) is 0 Å². The van der Waals surface area contributed by atoms with E-state index in [2.05, 4.69) is 48.6 Å². The topological polar surface area (TPSA) is 21.3 Å². The normalized spacial score (nSPS) is 12.1. The minimum Gasteiger partial charge on any atom is -0.496 e. The van der Waals surface area contributed by atoms with Crippen molar-refractivity contribution in [3.05, 3.63) is 65.7 Å². The summed E-state index contributed by atoms with van der Waals surface area (Å²) in [5.41, 5.74) is 2.57. The van der Waals surface area contributed by atoms with Gasteiger partial charge in [-0.05, 0) is 37.1 Å². The second-order valence-corrected chi connectivity index (χ2v) is 4.65. The van der Waals surface area contributed by atoms with Crippen molar-refractivity contribution in [1.82, 2.24) is 5.32 Å². The molecule has 2 rings (SSSR count). The molecule has 0 radical (unpaired) electrons. The molecule has 0 aliphatic carbocycles. The first-order valence-corrected chi connectivity index (χ1v) is 6.71. The molecular formula is C17H21NO. The molecule has 2 nitrogen and oxygen atoms in total. The number of nitrogens with one attached hydrogen (secondary N) is 1. The Bertz CT molecular complexity index is 496. The van der Waals surface area contributed by atoms with Crippen molar-refractivity contribution >= 4 is 0 Å². The molecule has 100 valence electrons. The van der Waals surface area contributed by atoms with Crippen LogP contribution in [-0.4, -0.2) is 13.7 Å². The molecule has 1 atom stereocenters. The third kappa shape index (κ3) is 3.83. The van der Waals surface area contributed by atoms with Gasteiger partial charge in [0.1, 0.15) is 5.75 Å². The van der Waals surface area contributed by atoms with E-state index in [9.17, 15) is 0 Å². The summed E-state index contributed by atoms with van der Waals surface area (Å²) in [6.07, 6.45) is 0.973. The van der Waals surface area contributed by atoms with E-state index in [4.69, 9.17) is 4.74 Å². The van der Waals surface area contributed by atoms with Gasteiger partial charge in [-0.15, -0.1) is 0 Å². The van der Waals surface area contributed by atoms with Crippen LogP contribution < -0.4 is 10.1 Å². The first-order valence-electron chi connectivity index (χ1n) is 6.71. The lowest BCUT2D eigenvalue weighted by molar-refractivity contribution is 0.408. The van der Waals surface area contributed by atoms with Crippen LogP contribution in [0.15, 0.2) is 54.6 Å². The first-order chi connectivity index (χ1) is 9.31. The van der Waals surface area contributed by atoms with Gasteiger partial charge in [0.2, 0.25) is 0 Å². The van der Waals surface area contributed by atoms with E-state index < -0.39 is 0 Å². The molecule has 0 saturated carbocycles. The largest absolute Gasteiger partial charge is 0.496 e. The smallest absolute Gasteiger partial charge is 0.122 e. The van der Waals surface area contributed by atoms with E-state index in [1.807, 2.05) is 18.2 Å². The van der Waals surface area contributed by atoms with E-state index in [1.54, 1.807) is 7.11 Å². The van der Waals surface area contributed by atoms with Gasteiger partial charge in [-0.25, -0.2) is 0 Å². The summed E-state index contributed by atoms with van der Waals surface area (Å²) >= 11 is 0. The van der Waals surface area contributed by atoms with Crippen molar-refractivity contribution in [2.75, 3.05) is 13.7 Å². The number of hydrogen-bond donors (Lipinski definition) is 1. The molecule has 0 heterocycles. The number of ether oxygens (including phenoxy) is 1. The van der Waals surface area contributed by atoms with Crippen LogP contribution in [0.25, 0.3) is 0 Å². The predicted molar refractivity (Wildman–Crippen MR) is 79.6 cm³/mol. The molecule has 0 aromatic heterocycles. The Morgan fingerprint density at radius 2 is 1.68 bits per heavy atom. The third-order valence-corrected chi connectivity index (χ3v) is 3.34. The van der Waals surface area contributed by atoms with Gasteiger partial charge in [0.15, 0.2) is 0 Å². The minimum atomic E-state index is 0.371. The molecule has 0 aliphatic rings. The zero-order valence-electron chi connectivity index (χ0n) is 11.6. The maximum atomic E-state index is 5.36. The molecular weight excluding hydrogens is 234 g/mol. The second-order valence-electron chi connectivity index (χ2n) is 4.65. The summed E-state index contributed by atoms with van der Waals surface area (Å²) in [7, 11) is 1.72. The van der Waals surface area contributed by atoms with Crippen LogP contribution in [0.4, 0.5) is 0 Å². The van der Waals surface area contributed by atoms with Crippen LogP contribution in [0.2, 0.25) is 0 Å². The summed E-state index contributed by atoms with van der Waals surface area (Å²) in [4.78, 5) is 0. The maximum absolute atomic E-state index is 5.36. The van der Waals surface area contributed by atoms with Crippen LogP contribution in [-0.2, 0) is 6.42 Å². The van der Waals surface area contributed by atoms with Crippen LogP contribution in [0.3, 0.4) is 0 Å². The SMILES string of the molecule is COc1ccccc1CCNC(C)c1ccccc1. The van der Waals surface area contributed by atoms with Crippen LogP contribution in [0.5, 0.6) is 5.75 Å². The Morgan fingerprint density at radius 3 is 2.42 bits per heavy atom. The van der Waals surface area contributed by atoms with Gasteiger partial charge in [-0.1, -0.05) is 48.5 Å². The van der Waals surface area contributed by atoms with Crippen molar-refractivity contribution in [3.63, 3.8) is 0 Å². The lowest BCUT2D eigenvalue weighted by Crippen LogP contribution is -2.21. The fourth-order valence-electron chi connectivity index (χ4n) is 2.19. The van der Waals surface area contributed by atoms with E-state index in [1.165, 1.54) is 11.1 Å². The minimum absolute atomic E-state index is 0.371. The Balaban J connectivity index is 1.87. The maximum Gasteiger partial charge on any atom is 0.122 e. The van der Waals surface area contributed by atoms with E-state index in [0.29, 0.717) is 6.04 Å². The zero-order chi connectivity index (χ0) is 13.5. The molecule has 19 heavy (non-hydrogen) atoms. The molecule has 0 spiro atoms. The fraction of sp³-hybridized carbons (Fsp3) is 0.294. The van der Waals surface area contributed by atoms with Crippen molar-refractivity contribution in [3.8, 4) is 5.75 Å². The highest BCUT2D eigenvalue weighted by atomic mass is 16.5. The Hall–Kier alpha value is -1.80. The molecule has 0 fully saturated rings. The van der Waals surface area contributed by atoms with Gasteiger partial charge in [-0.3, -0.25) is 0 Å². The summed E-state index contributed by atoms with van der Waals surface area (Å²) in [6.45, 7) is 3.13. The summed E-state index contributed by atoms with van der Waals surface area (Å²) in [5.74, 6) is 0.969. The Kier molecular flexibility index (Phi) is 4.99. The summed E-state index contributed by atoms with van der Waals surface area (Å²) in [5, 5.41) is 3.54. The highest BCUT2D eigenvalue weighted by Gasteiger charge is 2.05. The predicted octanol–water partition coefficient (Wildman–Crippen LogP) is 3.59. The highest BCUT2D eigenvalue weighted by molar-refractivity contribution is 5.33. The standard InChI is InChI=1S/C17H21NO/c1-14(15-8-4-3-5-9-15)18-13-12-16-10-6-7-11-17(16)19-2/h3-11,14,18H,12-13H2,1-2H3. The highest BCUT2D eigenvalue weighted by Crippen LogP contribution is 2.18. The molecule has 0 bridgehead atoms. The monoisotopic (exact) mass is 255 g/mol. The quantitative estimate of drug-likeness (QED) is 0.851. The third-order valence-electron chi connectivity index (χ3n) is 3.34. The Labute approximate surface area is 115 Å². The molecule has 0 aliphatic heterocycles. The van der Waals surface area contributed by atoms with Gasteiger partial charge in [-0.2, -0.15) is 0 Å². The molecule has 2 heteroatoms. The number of methoxy groups -OCH3 is 1. The van der Waals surface area contributed by atoms with E-state index in [-0.39, 0.29) is 0 Å². The summed E-state index contributed by atoms with van der Waals surface area (Å²) in [6, 6.07) is 19.1. The number of benzene rings is 2. The van der Waals surface area contributed by atoms with E-state index in [0.717, 1.165) is 18.7 Å². The zero-order valence-corrected chi connectivity index (χ0v) is 11.6. The van der Waals surface area contributed by atoms with Crippen LogP contribution >= 0.6 is 0 Å². The van der Waals surface area contributed by atoms with Crippen molar-refractivity contribution in [2.45, 2.75) is 19.4 Å². The van der Waals surface area contributed by atoms with Crippen molar-refractivity contribution in [2.24, 2.45) is 0 Å². The fourth-order valence-corrected chi connectivity index (χ4v) is 2.19. The second kappa shape index (κ2) is 6.95. The number of rotatable bonds is 6. The average Bonchev–Trinajstić information content (AvgIpc) is 2.48.